The molecule has 0 aromatic heterocycles. The molecule has 0 amide bonds. The number of nitrogen functional groups attached to an aromatic ring is 1. The molecule has 0 aliphatic carbocycles. The fourth-order valence-corrected chi connectivity index (χ4v) is 3.00. The number of ketones is 1. The molecule has 0 saturated carbocycles. The molecule has 27 heavy (non-hydrogen) atoms. The van der Waals surface area contributed by atoms with Gasteiger partial charge in [0.2, 0.25) is 0 Å². The number of nitrogens with zero attached hydrogens (tertiary/aromatic N) is 1. The molecule has 2 N–H and O–H groups in total. The molecule has 0 fully saturated rings. The Hall–Kier alpha value is -3.15. The molecule has 0 saturated heterocycles. The van der Waals surface area contributed by atoms with E-state index in [9.17, 15) is 4.79 Å². The van der Waals surface area contributed by atoms with Gasteiger partial charge in [0.1, 0.15) is 19.0 Å². The normalized spacial score (nSPS) is 13.3. The van der Waals surface area contributed by atoms with Crippen LogP contribution in [0.2, 0.25) is 0 Å². The highest BCUT2D eigenvalue weighted by Crippen LogP contribution is 2.37. The summed E-state index contributed by atoms with van der Waals surface area (Å²) in [5, 5.41) is 0. The Labute approximate surface area is 159 Å². The summed E-state index contributed by atoms with van der Waals surface area (Å²) in [7, 11) is 5.40. The second kappa shape index (κ2) is 7.61. The zero-order chi connectivity index (χ0) is 19.6. The quantitative estimate of drug-likeness (QED) is 0.495. The molecule has 0 unspecified atom stereocenters. The van der Waals surface area contributed by atoms with Crippen LogP contribution in [0.4, 0.5) is 11.4 Å². The lowest BCUT2D eigenvalue weighted by atomic mass is 10.0. The van der Waals surface area contributed by atoms with E-state index < -0.39 is 0 Å². The highest BCUT2D eigenvalue weighted by Gasteiger charge is 2.17. The summed E-state index contributed by atoms with van der Waals surface area (Å²) in [4.78, 5) is 14.7. The number of anilines is 2. The van der Waals surface area contributed by atoms with Crippen LogP contribution >= 0.6 is 0 Å². The smallest absolute Gasteiger partial charge is 0.188 e. The monoisotopic (exact) mass is 368 g/mol. The minimum Gasteiger partial charge on any atom is -0.496 e. The third-order valence-corrected chi connectivity index (χ3v) is 4.40. The van der Waals surface area contributed by atoms with Crippen LogP contribution in [0.1, 0.15) is 22.8 Å². The van der Waals surface area contributed by atoms with E-state index >= 15 is 0 Å². The van der Waals surface area contributed by atoms with E-state index in [0.717, 1.165) is 11.3 Å². The number of benzene rings is 2. The lowest BCUT2D eigenvalue weighted by Gasteiger charge is -2.20. The maximum absolute atomic E-state index is 12.8. The lowest BCUT2D eigenvalue weighted by Crippen LogP contribution is -2.15. The first kappa shape index (κ1) is 18.6. The minimum absolute atomic E-state index is 0.0936. The van der Waals surface area contributed by atoms with Crippen molar-refractivity contribution < 1.29 is 19.0 Å². The summed E-state index contributed by atoms with van der Waals surface area (Å²) in [5.41, 5.74) is 9.38. The Morgan fingerprint density at radius 2 is 1.81 bits per heavy atom. The number of hydrogen-bond acceptors (Lipinski definition) is 6. The zero-order valence-electron chi connectivity index (χ0n) is 16.0. The summed E-state index contributed by atoms with van der Waals surface area (Å²) in [6.45, 7) is 2.78. The average molecular weight is 368 g/mol. The van der Waals surface area contributed by atoms with Gasteiger partial charge in [-0.3, -0.25) is 4.79 Å². The number of allylic oxidation sites excluding steroid dienone is 1. The average Bonchev–Trinajstić information content (AvgIpc) is 2.66. The number of carbonyl (C=O) groups excluding carboxylic acids is 1. The Morgan fingerprint density at radius 1 is 1.15 bits per heavy atom. The van der Waals surface area contributed by atoms with Crippen molar-refractivity contribution >= 4 is 23.2 Å². The van der Waals surface area contributed by atoms with Crippen LogP contribution in [-0.4, -0.2) is 40.2 Å². The number of nitrogens with two attached hydrogens (primary N) is 1. The topological polar surface area (TPSA) is 74.0 Å². The Balaban J connectivity index is 1.93. The largest absolute Gasteiger partial charge is 0.496 e. The van der Waals surface area contributed by atoms with Gasteiger partial charge in [-0.2, -0.15) is 0 Å². The Morgan fingerprint density at radius 3 is 2.41 bits per heavy atom. The number of rotatable bonds is 5. The third kappa shape index (κ3) is 3.84. The maximum Gasteiger partial charge on any atom is 0.188 e. The van der Waals surface area contributed by atoms with Gasteiger partial charge in [0.25, 0.3) is 0 Å². The van der Waals surface area contributed by atoms with Crippen molar-refractivity contribution in [3.63, 3.8) is 0 Å². The van der Waals surface area contributed by atoms with Gasteiger partial charge in [-0.1, -0.05) is 0 Å². The molecular formula is C21H24N2O4. The van der Waals surface area contributed by atoms with Gasteiger partial charge in [0, 0.05) is 31.3 Å². The molecule has 1 aliphatic heterocycles. The minimum atomic E-state index is -0.0936. The van der Waals surface area contributed by atoms with Crippen LogP contribution < -0.4 is 24.8 Å². The predicted molar refractivity (Wildman–Crippen MR) is 107 cm³/mol. The molecule has 0 spiro atoms. The van der Waals surface area contributed by atoms with Crippen LogP contribution in [0.25, 0.3) is 6.08 Å². The van der Waals surface area contributed by atoms with Crippen molar-refractivity contribution in [1.29, 1.82) is 0 Å². The molecule has 1 heterocycles. The highest BCUT2D eigenvalue weighted by atomic mass is 16.6. The van der Waals surface area contributed by atoms with Gasteiger partial charge in [-0.15, -0.1) is 0 Å². The Kier molecular flexibility index (Phi) is 5.26. The van der Waals surface area contributed by atoms with E-state index in [1.165, 1.54) is 0 Å². The van der Waals surface area contributed by atoms with E-state index in [1.54, 1.807) is 38.3 Å². The van der Waals surface area contributed by atoms with Crippen molar-refractivity contribution in [2.75, 3.05) is 45.1 Å². The first-order valence-corrected chi connectivity index (χ1v) is 8.68. The summed E-state index contributed by atoms with van der Waals surface area (Å²) < 4.78 is 16.6. The third-order valence-electron chi connectivity index (χ3n) is 4.40. The lowest BCUT2D eigenvalue weighted by molar-refractivity contribution is 0.103. The molecule has 1 aliphatic rings. The molecule has 2 aromatic carbocycles. The second-order valence-corrected chi connectivity index (χ2v) is 6.56. The van der Waals surface area contributed by atoms with E-state index in [4.69, 9.17) is 19.9 Å². The first-order chi connectivity index (χ1) is 12.9. The van der Waals surface area contributed by atoms with E-state index in [0.29, 0.717) is 47.3 Å². The van der Waals surface area contributed by atoms with Crippen molar-refractivity contribution in [1.82, 2.24) is 0 Å². The van der Waals surface area contributed by atoms with Crippen LogP contribution in [0.5, 0.6) is 17.2 Å². The van der Waals surface area contributed by atoms with E-state index in [-0.39, 0.29) is 5.78 Å². The van der Waals surface area contributed by atoms with Crippen LogP contribution in [0.15, 0.2) is 35.9 Å². The van der Waals surface area contributed by atoms with Gasteiger partial charge in [-0.05, 0) is 42.8 Å². The van der Waals surface area contributed by atoms with Gasteiger partial charge >= 0.3 is 0 Å². The van der Waals surface area contributed by atoms with Gasteiger partial charge in [0.15, 0.2) is 17.3 Å². The number of fused-ring (bicyclic) bond motifs is 1. The van der Waals surface area contributed by atoms with Crippen molar-refractivity contribution in [3.05, 3.63) is 47.0 Å². The SMILES string of the molecule is COc1cc2c(cc1/C=C(\C)C(=O)c1ccc(N(C)C)c(N)c1)OCCO2. The summed E-state index contributed by atoms with van der Waals surface area (Å²) in [5.74, 6) is 1.82. The molecule has 0 radical (unpaired) electrons. The van der Waals surface area contributed by atoms with Crippen molar-refractivity contribution in [2.45, 2.75) is 6.92 Å². The molecular weight excluding hydrogens is 344 g/mol. The second-order valence-electron chi connectivity index (χ2n) is 6.56. The molecule has 3 rings (SSSR count). The van der Waals surface area contributed by atoms with Crippen LogP contribution in [-0.2, 0) is 0 Å². The number of Topliss-reactive ketones (excluding diaryl/α,β-unsaturated/α-hetero) is 1. The predicted octanol–water partition coefficient (Wildman–Crippen LogP) is 3.40. The van der Waals surface area contributed by atoms with Crippen LogP contribution in [0.3, 0.4) is 0 Å². The number of ether oxygens (including phenoxy) is 3. The number of carbonyl (C=O) groups is 1. The highest BCUT2D eigenvalue weighted by molar-refractivity contribution is 6.11. The van der Waals surface area contributed by atoms with Gasteiger partial charge in [0.05, 0.1) is 18.5 Å². The molecule has 0 atom stereocenters. The molecule has 142 valence electrons. The maximum atomic E-state index is 12.8. The number of methoxy groups -OCH3 is 1. The van der Waals surface area contributed by atoms with E-state index in [1.807, 2.05) is 31.1 Å². The molecule has 6 heteroatoms. The van der Waals surface area contributed by atoms with Gasteiger partial charge in [-0.25, -0.2) is 0 Å². The molecule has 2 aromatic rings. The fourth-order valence-electron chi connectivity index (χ4n) is 3.00. The number of hydrogen-bond donors (Lipinski definition) is 1. The standard InChI is InChI=1S/C21H24N2O4/c1-13(21(24)14-5-6-17(23(2)3)16(22)10-14)9-15-11-19-20(12-18(15)25-4)27-8-7-26-19/h5-6,9-12H,7-8,22H2,1-4H3/b13-9+. The summed E-state index contributed by atoms with van der Waals surface area (Å²) in [6, 6.07) is 8.94. The van der Waals surface area contributed by atoms with Crippen molar-refractivity contribution in [3.8, 4) is 17.2 Å². The fraction of sp³-hybridized carbons (Fsp3) is 0.286. The molecule has 0 bridgehead atoms. The van der Waals surface area contributed by atoms with Gasteiger partial charge < -0.3 is 24.8 Å². The Bertz CT molecular complexity index is 903. The summed E-state index contributed by atoms with van der Waals surface area (Å²) >= 11 is 0. The van der Waals surface area contributed by atoms with E-state index in [2.05, 4.69) is 0 Å². The molecule has 6 nitrogen and oxygen atoms in total. The van der Waals surface area contributed by atoms with Crippen molar-refractivity contribution in [2.24, 2.45) is 0 Å². The summed E-state index contributed by atoms with van der Waals surface area (Å²) in [6.07, 6.45) is 1.79. The first-order valence-electron chi connectivity index (χ1n) is 8.68. The van der Waals surface area contributed by atoms with Crippen LogP contribution in [0, 0.1) is 0 Å². The zero-order valence-corrected chi connectivity index (χ0v) is 16.0.